The Morgan fingerprint density at radius 3 is 2.92 bits per heavy atom. The Hall–Kier alpha value is -3.14. The molecule has 0 aromatic heterocycles. The Morgan fingerprint density at radius 1 is 1.33 bits per heavy atom. The van der Waals surface area contributed by atoms with Crippen molar-refractivity contribution in [2.24, 2.45) is 0 Å². The molecule has 0 spiro atoms. The summed E-state index contributed by atoms with van der Waals surface area (Å²) in [7, 11) is 0. The van der Waals surface area contributed by atoms with Crippen LogP contribution in [0.1, 0.15) is 34.3 Å². The lowest BCUT2D eigenvalue weighted by Crippen LogP contribution is -2.52. The third-order valence-corrected chi connectivity index (χ3v) is 4.08. The molecule has 1 aromatic carbocycles. The van der Waals surface area contributed by atoms with Crippen LogP contribution < -0.4 is 10.6 Å². The van der Waals surface area contributed by atoms with Crippen molar-refractivity contribution in [2.45, 2.75) is 25.4 Å². The van der Waals surface area contributed by atoms with Crippen molar-refractivity contribution in [3.8, 4) is 11.8 Å². The van der Waals surface area contributed by atoms with Crippen molar-refractivity contribution in [3.05, 3.63) is 34.9 Å². The van der Waals surface area contributed by atoms with Crippen molar-refractivity contribution >= 4 is 24.1 Å². The van der Waals surface area contributed by atoms with Crippen molar-refractivity contribution in [1.82, 2.24) is 15.5 Å². The number of rotatable bonds is 3. The topological polar surface area (TPSA) is 95.6 Å². The summed E-state index contributed by atoms with van der Waals surface area (Å²) in [6.07, 6.45) is 1.12. The minimum atomic E-state index is -0.639. The van der Waals surface area contributed by atoms with E-state index in [0.29, 0.717) is 24.0 Å². The molecule has 2 heterocycles. The smallest absolute Gasteiger partial charge is 0.255 e. The molecule has 0 radical (unpaired) electrons. The summed E-state index contributed by atoms with van der Waals surface area (Å²) >= 11 is 0. The number of carbonyl (C=O) groups is 4. The zero-order valence-electron chi connectivity index (χ0n) is 12.8. The van der Waals surface area contributed by atoms with Gasteiger partial charge in [-0.25, -0.2) is 0 Å². The summed E-state index contributed by atoms with van der Waals surface area (Å²) in [5.41, 5.74) is 1.99. The largest absolute Gasteiger partial charge is 0.348 e. The number of nitrogens with one attached hydrogen (secondary N) is 2. The molecule has 4 amide bonds. The van der Waals surface area contributed by atoms with Crippen LogP contribution in [0.5, 0.6) is 0 Å². The fraction of sp³-hybridized carbons (Fsp3) is 0.294. The first-order valence-electron chi connectivity index (χ1n) is 7.54. The second-order valence-corrected chi connectivity index (χ2v) is 5.53. The van der Waals surface area contributed by atoms with Crippen LogP contribution in [-0.2, 0) is 20.9 Å². The average Bonchev–Trinajstić information content (AvgIpc) is 2.89. The molecule has 2 aliphatic rings. The first-order chi connectivity index (χ1) is 11.6. The fourth-order valence-electron chi connectivity index (χ4n) is 2.93. The van der Waals surface area contributed by atoms with Crippen LogP contribution >= 0.6 is 0 Å². The number of benzene rings is 1. The van der Waals surface area contributed by atoms with Gasteiger partial charge in [-0.05, 0) is 24.1 Å². The quantitative estimate of drug-likeness (QED) is 0.340. The van der Waals surface area contributed by atoms with Crippen molar-refractivity contribution in [3.63, 3.8) is 0 Å². The average molecular weight is 325 g/mol. The molecule has 1 fully saturated rings. The van der Waals surface area contributed by atoms with E-state index >= 15 is 0 Å². The summed E-state index contributed by atoms with van der Waals surface area (Å²) in [4.78, 5) is 47.6. The Kier molecular flexibility index (Phi) is 4.29. The van der Waals surface area contributed by atoms with Gasteiger partial charge >= 0.3 is 0 Å². The SMILES string of the molecule is O=CNCC#Cc1cccc2c1CN(C1CCC(=O)NC1=O)C2=O. The maximum absolute atomic E-state index is 12.6. The van der Waals surface area contributed by atoms with E-state index in [1.807, 2.05) is 0 Å². The third-order valence-electron chi connectivity index (χ3n) is 4.08. The molecule has 7 heteroatoms. The highest BCUT2D eigenvalue weighted by Crippen LogP contribution is 2.29. The van der Waals surface area contributed by atoms with Crippen LogP contribution in [0.2, 0.25) is 0 Å². The number of amides is 4. The Morgan fingerprint density at radius 2 is 2.17 bits per heavy atom. The molecule has 1 unspecified atom stereocenters. The van der Waals surface area contributed by atoms with E-state index in [1.54, 1.807) is 18.2 Å². The van der Waals surface area contributed by atoms with Crippen molar-refractivity contribution in [2.75, 3.05) is 6.54 Å². The molecular formula is C17H15N3O4. The highest BCUT2D eigenvalue weighted by Gasteiger charge is 2.39. The third kappa shape index (κ3) is 2.86. The molecule has 0 aliphatic carbocycles. The van der Waals surface area contributed by atoms with Crippen LogP contribution in [-0.4, -0.2) is 41.6 Å². The van der Waals surface area contributed by atoms with Gasteiger partial charge in [0.05, 0.1) is 6.54 Å². The van der Waals surface area contributed by atoms with Crippen LogP contribution in [0.3, 0.4) is 0 Å². The van der Waals surface area contributed by atoms with Gasteiger partial charge in [-0.3, -0.25) is 24.5 Å². The highest BCUT2D eigenvalue weighted by atomic mass is 16.2. The van der Waals surface area contributed by atoms with Gasteiger partial charge in [0, 0.05) is 24.1 Å². The molecular weight excluding hydrogens is 310 g/mol. The lowest BCUT2D eigenvalue weighted by atomic mass is 10.0. The van der Waals surface area contributed by atoms with Gasteiger partial charge in [0.25, 0.3) is 5.91 Å². The highest BCUT2D eigenvalue weighted by molar-refractivity contribution is 6.05. The molecule has 2 aliphatic heterocycles. The van der Waals surface area contributed by atoms with E-state index < -0.39 is 11.9 Å². The number of hydrogen-bond donors (Lipinski definition) is 2. The second kappa shape index (κ2) is 6.54. The number of carbonyl (C=O) groups excluding carboxylic acids is 4. The second-order valence-electron chi connectivity index (χ2n) is 5.53. The monoisotopic (exact) mass is 325 g/mol. The minimum Gasteiger partial charge on any atom is -0.348 e. The van der Waals surface area contributed by atoms with Gasteiger partial charge in [0.1, 0.15) is 6.04 Å². The molecule has 0 bridgehead atoms. The summed E-state index contributed by atoms with van der Waals surface area (Å²) in [5.74, 6) is 4.77. The van der Waals surface area contributed by atoms with Crippen molar-refractivity contribution < 1.29 is 19.2 Å². The number of imide groups is 1. The molecule has 1 saturated heterocycles. The van der Waals surface area contributed by atoms with E-state index in [1.165, 1.54) is 4.90 Å². The summed E-state index contributed by atoms with van der Waals surface area (Å²) in [6, 6.07) is 4.61. The van der Waals surface area contributed by atoms with Gasteiger partial charge in [-0.15, -0.1) is 0 Å². The first kappa shape index (κ1) is 15.7. The molecule has 7 nitrogen and oxygen atoms in total. The zero-order valence-corrected chi connectivity index (χ0v) is 12.8. The van der Waals surface area contributed by atoms with E-state index in [-0.39, 0.29) is 31.3 Å². The van der Waals surface area contributed by atoms with Crippen LogP contribution in [0.15, 0.2) is 18.2 Å². The van der Waals surface area contributed by atoms with Gasteiger partial charge in [-0.1, -0.05) is 17.9 Å². The summed E-state index contributed by atoms with van der Waals surface area (Å²) < 4.78 is 0. The standard InChI is InChI=1S/C17H15N3O4/c21-10-18-8-2-4-11-3-1-5-12-13(11)9-20(17(12)24)14-6-7-15(22)19-16(14)23/h1,3,5,10,14H,6-9H2,(H,18,21)(H,19,22,23). The minimum absolute atomic E-state index is 0.220. The van der Waals surface area contributed by atoms with Gasteiger partial charge in [0.15, 0.2) is 0 Å². The summed E-state index contributed by atoms with van der Waals surface area (Å²) in [6.45, 7) is 0.504. The molecule has 24 heavy (non-hydrogen) atoms. The van der Waals surface area contributed by atoms with Gasteiger partial charge in [-0.2, -0.15) is 0 Å². The summed E-state index contributed by atoms with van der Waals surface area (Å²) in [5, 5.41) is 4.72. The molecule has 1 aromatic rings. The predicted octanol–water partition coefficient (Wildman–Crippen LogP) is -0.455. The van der Waals surface area contributed by atoms with E-state index in [4.69, 9.17) is 0 Å². The molecule has 122 valence electrons. The number of fused-ring (bicyclic) bond motifs is 1. The van der Waals surface area contributed by atoms with Crippen LogP contribution in [0.25, 0.3) is 0 Å². The van der Waals surface area contributed by atoms with Gasteiger partial charge < -0.3 is 10.2 Å². The number of hydrogen-bond acceptors (Lipinski definition) is 4. The van der Waals surface area contributed by atoms with E-state index in [0.717, 1.165) is 5.56 Å². The Balaban J connectivity index is 1.84. The number of piperidine rings is 1. The molecule has 3 rings (SSSR count). The zero-order chi connectivity index (χ0) is 17.1. The van der Waals surface area contributed by atoms with E-state index in [9.17, 15) is 19.2 Å². The first-order valence-corrected chi connectivity index (χ1v) is 7.54. The fourth-order valence-corrected chi connectivity index (χ4v) is 2.93. The maximum atomic E-state index is 12.6. The lowest BCUT2D eigenvalue weighted by Gasteiger charge is -2.29. The maximum Gasteiger partial charge on any atom is 0.255 e. The predicted molar refractivity (Wildman–Crippen MR) is 83.4 cm³/mol. The molecule has 1 atom stereocenters. The van der Waals surface area contributed by atoms with Crippen LogP contribution in [0, 0.1) is 11.8 Å². The van der Waals surface area contributed by atoms with Crippen molar-refractivity contribution in [1.29, 1.82) is 0 Å². The Bertz CT molecular complexity index is 791. The van der Waals surface area contributed by atoms with E-state index in [2.05, 4.69) is 22.5 Å². The van der Waals surface area contributed by atoms with Gasteiger partial charge in [0.2, 0.25) is 18.2 Å². The Labute approximate surface area is 138 Å². The lowest BCUT2D eigenvalue weighted by molar-refractivity contribution is -0.136. The van der Waals surface area contributed by atoms with Crippen LogP contribution in [0.4, 0.5) is 0 Å². The molecule has 2 N–H and O–H groups in total. The molecule has 0 saturated carbocycles. The normalized spacial score (nSPS) is 19.2. The number of nitrogens with zero attached hydrogens (tertiary/aromatic N) is 1.